The molecule has 6 heteroatoms. The second-order valence-corrected chi connectivity index (χ2v) is 49.5. The summed E-state index contributed by atoms with van der Waals surface area (Å²) in [5.41, 5.74) is 0. The molecular weight excluding hydrogens is 193 g/mol. The normalized spacial score (nSPS) is 16.9. The van der Waals surface area contributed by atoms with E-state index in [1.54, 1.807) is 9.76 Å². The van der Waals surface area contributed by atoms with Crippen LogP contribution >= 0.6 is 0 Å². The SMILES string of the molecule is C[SiH](C)[SiH2][SiH2][SiH2][SiH2][SiH3]. The Hall–Kier alpha value is 1.30. The Morgan fingerprint density at radius 3 is 2.25 bits per heavy atom. The summed E-state index contributed by atoms with van der Waals surface area (Å²) in [6.07, 6.45) is 0. The fraction of sp³-hybridized carbons (Fsp3) is 1.00. The van der Waals surface area contributed by atoms with Gasteiger partial charge in [-0.2, -0.15) is 0 Å². The average molecular weight is 211 g/mol. The highest BCUT2D eigenvalue weighted by Crippen LogP contribution is 1.70. The van der Waals surface area contributed by atoms with E-state index in [1.807, 2.05) is 0 Å². The van der Waals surface area contributed by atoms with Crippen LogP contribution in [0.3, 0.4) is 0 Å². The zero-order chi connectivity index (χ0) is 6.41. The van der Waals surface area contributed by atoms with E-state index in [1.165, 1.54) is 0 Å². The molecule has 0 heterocycles. The maximum atomic E-state index is 2.57. The van der Waals surface area contributed by atoms with Gasteiger partial charge in [0.05, 0.1) is 0 Å². The largest absolute Gasteiger partial charge is 0.0748 e. The fourth-order valence-electron chi connectivity index (χ4n) is 0.803. The minimum absolute atomic E-state index is 0.0709. The molecule has 0 nitrogen and oxygen atoms in total. The monoisotopic (exact) mass is 210 g/mol. The molecule has 0 fully saturated rings. The summed E-state index contributed by atoms with van der Waals surface area (Å²) in [6, 6.07) is 0. The molecule has 0 aromatic rings. The van der Waals surface area contributed by atoms with Gasteiger partial charge in [-0.05, 0) is 44.0 Å². The van der Waals surface area contributed by atoms with E-state index in [2.05, 4.69) is 13.1 Å². The molecule has 0 spiro atoms. The van der Waals surface area contributed by atoms with Gasteiger partial charge < -0.3 is 0 Å². The van der Waals surface area contributed by atoms with Crippen molar-refractivity contribution in [2.75, 3.05) is 0 Å². The predicted molar refractivity (Wildman–Crippen MR) is 63.0 cm³/mol. The summed E-state index contributed by atoms with van der Waals surface area (Å²) < 4.78 is 0. The Labute approximate surface area is 65.5 Å². The summed E-state index contributed by atoms with van der Waals surface area (Å²) in [5.74, 6) is 0. The van der Waals surface area contributed by atoms with Crippen molar-refractivity contribution in [1.82, 2.24) is 0 Å². The first-order valence-corrected chi connectivity index (χ1v) is 27.0. The predicted octanol–water partition coefficient (Wildman–Crippen LogP) is -4.33. The molecule has 0 aliphatic heterocycles. The highest BCUT2D eigenvalue weighted by molar-refractivity contribution is 7.59. The van der Waals surface area contributed by atoms with Gasteiger partial charge in [0, 0.05) is 8.31 Å². The molecule has 0 N–H and O–H groups in total. The van der Waals surface area contributed by atoms with Crippen LogP contribution in [0.4, 0.5) is 0 Å². The summed E-state index contributed by atoms with van der Waals surface area (Å²) in [5, 5.41) is 0. The molecule has 0 aliphatic rings. The van der Waals surface area contributed by atoms with Crippen molar-refractivity contribution >= 4 is 52.3 Å². The van der Waals surface area contributed by atoms with Gasteiger partial charge in [-0.25, -0.2) is 0 Å². The first kappa shape index (κ1) is 9.30. The first-order chi connectivity index (χ1) is 3.77. The van der Waals surface area contributed by atoms with E-state index in [0.717, 1.165) is 34.2 Å². The molecule has 0 radical (unpaired) electrons. The number of hydrogen-bond acceptors (Lipinski definition) is 0. The molecule has 0 saturated carbocycles. The van der Waals surface area contributed by atoms with Gasteiger partial charge in [-0.15, -0.1) is 0 Å². The second kappa shape index (κ2) is 6.42. The highest BCUT2D eigenvalue weighted by Gasteiger charge is 1.94. The quantitative estimate of drug-likeness (QED) is 0.325. The number of rotatable bonds is 4. The van der Waals surface area contributed by atoms with Crippen LogP contribution in [0.25, 0.3) is 0 Å². The molecule has 8 heavy (non-hydrogen) atoms. The first-order valence-electron chi connectivity index (χ1n) is 3.77. The van der Waals surface area contributed by atoms with Gasteiger partial charge in [0.2, 0.25) is 0 Å². The lowest BCUT2D eigenvalue weighted by molar-refractivity contribution is 2.10. The maximum Gasteiger partial charge on any atom is 0.0146 e. The van der Waals surface area contributed by atoms with Crippen molar-refractivity contribution in [1.29, 1.82) is 0 Å². The summed E-state index contributed by atoms with van der Waals surface area (Å²) in [4.78, 5) is 0. The van der Waals surface area contributed by atoms with Crippen LogP contribution < -0.4 is 0 Å². The zero-order valence-corrected chi connectivity index (χ0v) is 15.2. The molecule has 50 valence electrons. The third kappa shape index (κ3) is 7.30. The molecule has 0 aromatic heterocycles. The van der Waals surface area contributed by atoms with Crippen molar-refractivity contribution in [3.8, 4) is 0 Å². The van der Waals surface area contributed by atoms with Gasteiger partial charge in [0.1, 0.15) is 0 Å². The highest BCUT2D eigenvalue weighted by atomic mass is 29.9. The fourth-order valence-corrected chi connectivity index (χ4v) is 129. The Kier molecular flexibility index (Phi) is 7.47. The van der Waals surface area contributed by atoms with Crippen molar-refractivity contribution in [2.45, 2.75) is 13.1 Å². The van der Waals surface area contributed by atoms with Gasteiger partial charge in [-0.3, -0.25) is 0 Å². The van der Waals surface area contributed by atoms with Crippen LogP contribution in [0, 0.1) is 0 Å². The van der Waals surface area contributed by atoms with Crippen LogP contribution in [0.15, 0.2) is 0 Å². The van der Waals surface area contributed by atoms with Gasteiger partial charge in [0.15, 0.2) is 0 Å². The molecule has 0 saturated heterocycles. The third-order valence-electron chi connectivity index (χ3n) is 1.39. The van der Waals surface area contributed by atoms with Crippen LogP contribution in [-0.4, -0.2) is 52.3 Å². The van der Waals surface area contributed by atoms with E-state index in [4.69, 9.17) is 0 Å². The van der Waals surface area contributed by atoms with Crippen molar-refractivity contribution in [3.05, 3.63) is 0 Å². The minimum Gasteiger partial charge on any atom is -0.0748 e. The van der Waals surface area contributed by atoms with Gasteiger partial charge >= 0.3 is 0 Å². The molecule has 0 unspecified atom stereocenters. The van der Waals surface area contributed by atoms with Crippen LogP contribution in [0.2, 0.25) is 13.1 Å². The molecule has 0 aromatic carbocycles. The van der Waals surface area contributed by atoms with Crippen molar-refractivity contribution in [2.24, 2.45) is 0 Å². The lowest BCUT2D eigenvalue weighted by Gasteiger charge is -1.96. The smallest absolute Gasteiger partial charge is 0.0146 e. The summed E-state index contributed by atoms with van der Waals surface area (Å²) in [7, 11) is 4.86. The summed E-state index contributed by atoms with van der Waals surface area (Å²) >= 11 is 0. The van der Waals surface area contributed by atoms with Crippen molar-refractivity contribution < 1.29 is 0 Å². The Morgan fingerprint density at radius 1 is 1.25 bits per heavy atom. The van der Waals surface area contributed by atoms with E-state index >= 15 is 0 Å². The van der Waals surface area contributed by atoms with E-state index in [9.17, 15) is 0 Å². The van der Waals surface area contributed by atoms with Crippen LogP contribution in [0.5, 0.6) is 0 Å². The lowest BCUT2D eigenvalue weighted by atomic mass is 11.9. The average Bonchev–Trinajstić information content (AvgIpc) is 1.66. The lowest BCUT2D eigenvalue weighted by Crippen LogP contribution is -2.27. The van der Waals surface area contributed by atoms with E-state index in [0.29, 0.717) is 0 Å². The standard InChI is InChI=1S/C2H18Si6/c1-8(2)7-6-5-4-3/h8H,4-7H2,1-3H3. The topological polar surface area (TPSA) is 0 Å². The summed E-state index contributed by atoms with van der Waals surface area (Å²) in [6.45, 7) is 5.14. The molecular formula is C2H18Si6. The molecule has 0 atom stereocenters. The molecule has 0 amide bonds. The minimum atomic E-state index is 0.0709. The zero-order valence-electron chi connectivity index (χ0n) is 6.41. The van der Waals surface area contributed by atoms with E-state index in [-0.39, 0.29) is 8.31 Å². The Balaban J connectivity index is 2.72. The van der Waals surface area contributed by atoms with Crippen LogP contribution in [-0.2, 0) is 0 Å². The van der Waals surface area contributed by atoms with Gasteiger partial charge in [0.25, 0.3) is 0 Å². The maximum absolute atomic E-state index is 2.57. The Morgan fingerprint density at radius 2 is 1.88 bits per heavy atom. The Bertz CT molecular complexity index is 43.8. The second-order valence-electron chi connectivity index (χ2n) is 2.89. The van der Waals surface area contributed by atoms with Crippen LogP contribution in [0.1, 0.15) is 0 Å². The van der Waals surface area contributed by atoms with E-state index < -0.39 is 0 Å². The molecule has 0 aliphatic carbocycles. The molecule has 0 bridgehead atoms. The molecule has 0 rings (SSSR count). The van der Waals surface area contributed by atoms with Gasteiger partial charge in [-0.1, -0.05) is 13.1 Å². The van der Waals surface area contributed by atoms with Crippen molar-refractivity contribution in [3.63, 3.8) is 0 Å². The third-order valence-corrected chi connectivity index (χ3v) is 81.0. The number of hydrogen-bond donors (Lipinski definition) is 0.